The molecule has 2 N–H and O–H groups in total. The highest BCUT2D eigenvalue weighted by Gasteiger charge is 2.02. The largest absolute Gasteiger partial charge is 0.282 e. The standard InChI is InChI=1S/C13H12BrN3O/c14-11-6-4-10(5-7-11)9-13(18)17-16-12-3-1-2-8-15-12/h1-8H,9H2,(H,15,16)(H,17,18). The number of hydrogen-bond acceptors (Lipinski definition) is 3. The Morgan fingerprint density at radius 2 is 1.94 bits per heavy atom. The number of rotatable bonds is 4. The first kappa shape index (κ1) is 12.6. The molecule has 5 heteroatoms. The van der Waals surface area contributed by atoms with Crippen molar-refractivity contribution >= 4 is 27.7 Å². The molecule has 0 unspecified atom stereocenters. The van der Waals surface area contributed by atoms with Gasteiger partial charge in [0, 0.05) is 10.7 Å². The molecule has 0 aliphatic rings. The molecule has 0 fully saturated rings. The third kappa shape index (κ3) is 3.85. The Labute approximate surface area is 114 Å². The number of halogens is 1. The lowest BCUT2D eigenvalue weighted by Crippen LogP contribution is -2.31. The molecule has 4 nitrogen and oxygen atoms in total. The van der Waals surface area contributed by atoms with Crippen LogP contribution in [0.1, 0.15) is 5.56 Å². The zero-order chi connectivity index (χ0) is 12.8. The average molecular weight is 306 g/mol. The molecule has 1 aromatic carbocycles. The summed E-state index contributed by atoms with van der Waals surface area (Å²) in [6, 6.07) is 13.1. The van der Waals surface area contributed by atoms with E-state index in [9.17, 15) is 4.79 Å². The second kappa shape index (κ2) is 6.16. The van der Waals surface area contributed by atoms with Gasteiger partial charge in [0.05, 0.1) is 6.42 Å². The van der Waals surface area contributed by atoms with Gasteiger partial charge in [-0.05, 0) is 29.8 Å². The van der Waals surface area contributed by atoms with Gasteiger partial charge in [-0.15, -0.1) is 0 Å². The molecule has 0 aliphatic carbocycles. The maximum absolute atomic E-state index is 11.7. The van der Waals surface area contributed by atoms with Crippen molar-refractivity contribution < 1.29 is 4.79 Å². The number of benzene rings is 1. The zero-order valence-electron chi connectivity index (χ0n) is 9.56. The van der Waals surface area contributed by atoms with Crippen LogP contribution in [0.2, 0.25) is 0 Å². The summed E-state index contributed by atoms with van der Waals surface area (Å²) in [4.78, 5) is 15.7. The summed E-state index contributed by atoms with van der Waals surface area (Å²) in [5.41, 5.74) is 6.31. The van der Waals surface area contributed by atoms with Crippen molar-refractivity contribution in [1.29, 1.82) is 0 Å². The number of hydrogen-bond donors (Lipinski definition) is 2. The third-order valence-electron chi connectivity index (χ3n) is 2.27. The molecule has 2 rings (SSSR count). The van der Waals surface area contributed by atoms with Gasteiger partial charge < -0.3 is 0 Å². The Balaban J connectivity index is 1.84. The van der Waals surface area contributed by atoms with E-state index >= 15 is 0 Å². The highest BCUT2D eigenvalue weighted by molar-refractivity contribution is 9.10. The predicted octanol–water partition coefficient (Wildman–Crippen LogP) is 2.53. The molecule has 0 saturated heterocycles. The van der Waals surface area contributed by atoms with Gasteiger partial charge in [0.2, 0.25) is 5.91 Å². The normalized spacial score (nSPS) is 9.83. The minimum Gasteiger partial charge on any atom is -0.282 e. The molecule has 0 saturated carbocycles. The first-order valence-electron chi connectivity index (χ1n) is 5.44. The first-order chi connectivity index (χ1) is 8.74. The molecule has 0 bridgehead atoms. The monoisotopic (exact) mass is 305 g/mol. The third-order valence-corrected chi connectivity index (χ3v) is 2.80. The van der Waals surface area contributed by atoms with Gasteiger partial charge in [-0.3, -0.25) is 15.6 Å². The molecule has 1 heterocycles. The Morgan fingerprint density at radius 3 is 2.61 bits per heavy atom. The summed E-state index contributed by atoms with van der Waals surface area (Å²) in [5.74, 6) is 0.504. The van der Waals surface area contributed by atoms with Crippen molar-refractivity contribution in [2.75, 3.05) is 5.43 Å². The topological polar surface area (TPSA) is 54.0 Å². The molecule has 18 heavy (non-hydrogen) atoms. The van der Waals surface area contributed by atoms with Gasteiger partial charge in [-0.1, -0.05) is 34.1 Å². The number of carbonyl (C=O) groups is 1. The van der Waals surface area contributed by atoms with E-state index in [0.717, 1.165) is 10.0 Å². The maximum Gasteiger partial charge on any atom is 0.242 e. The van der Waals surface area contributed by atoms with Gasteiger partial charge in [-0.2, -0.15) is 0 Å². The minimum atomic E-state index is -0.108. The molecule has 0 aliphatic heterocycles. The fourth-order valence-electron chi connectivity index (χ4n) is 1.40. The van der Waals surface area contributed by atoms with E-state index < -0.39 is 0 Å². The Kier molecular flexibility index (Phi) is 4.30. The Bertz CT molecular complexity index is 514. The SMILES string of the molecule is O=C(Cc1ccc(Br)cc1)NNc1ccccn1. The van der Waals surface area contributed by atoms with E-state index in [1.807, 2.05) is 36.4 Å². The molecule has 2 aromatic rings. The van der Waals surface area contributed by atoms with Crippen LogP contribution in [0.4, 0.5) is 5.82 Å². The number of pyridine rings is 1. The molecule has 92 valence electrons. The van der Waals surface area contributed by atoms with Crippen molar-refractivity contribution in [3.8, 4) is 0 Å². The number of hydrazine groups is 1. The van der Waals surface area contributed by atoms with Crippen LogP contribution in [0.25, 0.3) is 0 Å². The van der Waals surface area contributed by atoms with Crippen molar-refractivity contribution in [3.05, 3.63) is 58.7 Å². The molecular weight excluding hydrogens is 294 g/mol. The Morgan fingerprint density at radius 1 is 1.17 bits per heavy atom. The van der Waals surface area contributed by atoms with Crippen LogP contribution in [-0.4, -0.2) is 10.9 Å². The summed E-state index contributed by atoms with van der Waals surface area (Å²) in [7, 11) is 0. The summed E-state index contributed by atoms with van der Waals surface area (Å²) in [6.45, 7) is 0. The van der Waals surface area contributed by atoms with Crippen LogP contribution in [0.5, 0.6) is 0 Å². The van der Waals surface area contributed by atoms with Gasteiger partial charge in [-0.25, -0.2) is 4.98 Å². The molecule has 0 spiro atoms. The van der Waals surface area contributed by atoms with E-state index in [4.69, 9.17) is 0 Å². The second-order valence-electron chi connectivity index (χ2n) is 3.69. The van der Waals surface area contributed by atoms with Crippen LogP contribution in [0, 0.1) is 0 Å². The van der Waals surface area contributed by atoms with Gasteiger partial charge in [0.1, 0.15) is 5.82 Å². The smallest absolute Gasteiger partial charge is 0.242 e. The molecule has 1 amide bonds. The van der Waals surface area contributed by atoms with Gasteiger partial charge >= 0.3 is 0 Å². The van der Waals surface area contributed by atoms with Crippen molar-refractivity contribution in [2.24, 2.45) is 0 Å². The van der Waals surface area contributed by atoms with E-state index in [2.05, 4.69) is 31.8 Å². The van der Waals surface area contributed by atoms with Gasteiger partial charge in [0.15, 0.2) is 0 Å². The first-order valence-corrected chi connectivity index (χ1v) is 6.24. The summed E-state index contributed by atoms with van der Waals surface area (Å²) in [5, 5.41) is 0. The fraction of sp³-hybridized carbons (Fsp3) is 0.0769. The van der Waals surface area contributed by atoms with Gasteiger partial charge in [0.25, 0.3) is 0 Å². The number of nitrogens with zero attached hydrogens (tertiary/aromatic N) is 1. The van der Waals surface area contributed by atoms with Crippen LogP contribution < -0.4 is 10.9 Å². The van der Waals surface area contributed by atoms with E-state index in [1.54, 1.807) is 12.3 Å². The number of amides is 1. The van der Waals surface area contributed by atoms with E-state index in [-0.39, 0.29) is 5.91 Å². The summed E-state index contributed by atoms with van der Waals surface area (Å²) < 4.78 is 0.998. The lowest BCUT2D eigenvalue weighted by molar-refractivity contribution is -0.119. The minimum absolute atomic E-state index is 0.108. The zero-order valence-corrected chi connectivity index (χ0v) is 11.1. The summed E-state index contributed by atoms with van der Waals surface area (Å²) in [6.07, 6.45) is 1.98. The lowest BCUT2D eigenvalue weighted by atomic mass is 10.1. The number of nitrogens with one attached hydrogen (secondary N) is 2. The van der Waals surface area contributed by atoms with Crippen molar-refractivity contribution in [3.63, 3.8) is 0 Å². The highest BCUT2D eigenvalue weighted by Crippen LogP contribution is 2.10. The quantitative estimate of drug-likeness (QED) is 0.854. The van der Waals surface area contributed by atoms with Crippen molar-refractivity contribution in [2.45, 2.75) is 6.42 Å². The van der Waals surface area contributed by atoms with Crippen LogP contribution in [0.15, 0.2) is 53.1 Å². The van der Waals surface area contributed by atoms with Crippen molar-refractivity contribution in [1.82, 2.24) is 10.4 Å². The van der Waals surface area contributed by atoms with E-state index in [0.29, 0.717) is 12.2 Å². The highest BCUT2D eigenvalue weighted by atomic mass is 79.9. The number of carbonyl (C=O) groups excluding carboxylic acids is 1. The molecule has 0 radical (unpaired) electrons. The molecular formula is C13H12BrN3O. The fourth-order valence-corrected chi connectivity index (χ4v) is 1.67. The van der Waals surface area contributed by atoms with Crippen LogP contribution >= 0.6 is 15.9 Å². The predicted molar refractivity (Wildman–Crippen MR) is 73.8 cm³/mol. The maximum atomic E-state index is 11.7. The Hall–Kier alpha value is -1.88. The second-order valence-corrected chi connectivity index (χ2v) is 4.61. The van der Waals surface area contributed by atoms with Crippen LogP contribution in [0.3, 0.4) is 0 Å². The summed E-state index contributed by atoms with van der Waals surface area (Å²) >= 11 is 3.35. The van der Waals surface area contributed by atoms with Crippen LogP contribution in [-0.2, 0) is 11.2 Å². The van der Waals surface area contributed by atoms with E-state index in [1.165, 1.54) is 0 Å². The number of anilines is 1. The lowest BCUT2D eigenvalue weighted by Gasteiger charge is -2.07. The number of aromatic nitrogens is 1. The average Bonchev–Trinajstić information content (AvgIpc) is 2.40. The molecule has 1 aromatic heterocycles. The molecule has 0 atom stereocenters.